The van der Waals surface area contributed by atoms with Gasteiger partial charge in [0, 0.05) is 19.2 Å². The molecule has 0 heterocycles. The van der Waals surface area contributed by atoms with Gasteiger partial charge in [0.15, 0.2) is 0 Å². The minimum Gasteiger partial charge on any atom is -0.495 e. The summed E-state index contributed by atoms with van der Waals surface area (Å²) >= 11 is 0. The summed E-state index contributed by atoms with van der Waals surface area (Å²) in [5.74, 6) is 0.308. The first-order chi connectivity index (χ1) is 12.0. The van der Waals surface area contributed by atoms with Gasteiger partial charge in [-0.1, -0.05) is 24.3 Å². The Labute approximate surface area is 147 Å². The number of carbonyl (C=O) groups excluding carboxylic acids is 2. The normalized spacial score (nSPS) is 10.0. The SMILES string of the molecule is COc1ccc(NC(C)=O)cc1NCC(=O)NCc1ccccc1C. The second-order valence-electron chi connectivity index (χ2n) is 5.65. The van der Waals surface area contributed by atoms with Crippen molar-refractivity contribution in [3.05, 3.63) is 53.6 Å². The molecule has 0 aromatic heterocycles. The number of hydrogen-bond acceptors (Lipinski definition) is 4. The van der Waals surface area contributed by atoms with E-state index < -0.39 is 0 Å². The molecule has 0 bridgehead atoms. The molecule has 0 atom stereocenters. The summed E-state index contributed by atoms with van der Waals surface area (Å²) in [5.41, 5.74) is 3.50. The van der Waals surface area contributed by atoms with Crippen LogP contribution in [-0.4, -0.2) is 25.5 Å². The molecule has 2 amide bonds. The van der Waals surface area contributed by atoms with Gasteiger partial charge in [-0.3, -0.25) is 9.59 Å². The second kappa shape index (κ2) is 8.73. The Kier molecular flexibility index (Phi) is 6.39. The minimum absolute atomic E-state index is 0.103. The highest BCUT2D eigenvalue weighted by Gasteiger charge is 2.08. The molecule has 0 saturated carbocycles. The van der Waals surface area contributed by atoms with Gasteiger partial charge in [-0.05, 0) is 36.2 Å². The molecule has 0 spiro atoms. The number of benzene rings is 2. The Morgan fingerprint density at radius 3 is 2.56 bits per heavy atom. The fourth-order valence-electron chi connectivity index (χ4n) is 2.37. The van der Waals surface area contributed by atoms with Gasteiger partial charge in [0.25, 0.3) is 0 Å². The maximum absolute atomic E-state index is 12.1. The number of ether oxygens (including phenoxy) is 1. The molecule has 6 nitrogen and oxygen atoms in total. The van der Waals surface area contributed by atoms with Crippen molar-refractivity contribution in [2.45, 2.75) is 20.4 Å². The lowest BCUT2D eigenvalue weighted by molar-refractivity contribution is -0.119. The molecule has 0 aliphatic rings. The van der Waals surface area contributed by atoms with Crippen LogP contribution < -0.4 is 20.7 Å². The highest BCUT2D eigenvalue weighted by atomic mass is 16.5. The summed E-state index contributed by atoms with van der Waals surface area (Å²) in [7, 11) is 1.55. The molecule has 0 radical (unpaired) electrons. The Morgan fingerprint density at radius 2 is 1.88 bits per heavy atom. The van der Waals surface area contributed by atoms with Gasteiger partial charge < -0.3 is 20.7 Å². The number of rotatable bonds is 7. The van der Waals surface area contributed by atoms with E-state index >= 15 is 0 Å². The quantitative estimate of drug-likeness (QED) is 0.723. The molecule has 0 unspecified atom stereocenters. The van der Waals surface area contributed by atoms with Crippen LogP contribution >= 0.6 is 0 Å². The molecular weight excluding hydrogens is 318 g/mol. The monoisotopic (exact) mass is 341 g/mol. The summed E-state index contributed by atoms with van der Waals surface area (Å²) in [6.07, 6.45) is 0. The third-order valence-corrected chi connectivity index (χ3v) is 3.70. The van der Waals surface area contributed by atoms with E-state index in [9.17, 15) is 9.59 Å². The number of aryl methyl sites for hydroxylation is 1. The Bertz CT molecular complexity index is 759. The van der Waals surface area contributed by atoms with E-state index in [4.69, 9.17) is 4.74 Å². The summed E-state index contributed by atoms with van der Waals surface area (Å²) in [5, 5.41) is 8.62. The third kappa shape index (κ3) is 5.53. The lowest BCUT2D eigenvalue weighted by atomic mass is 10.1. The standard InChI is InChI=1S/C19H23N3O3/c1-13-6-4-5-7-15(13)11-21-19(24)12-20-17-10-16(22-14(2)23)8-9-18(17)25-3/h4-10,20H,11-12H2,1-3H3,(H,21,24)(H,22,23). The van der Waals surface area contributed by atoms with E-state index in [1.54, 1.807) is 25.3 Å². The van der Waals surface area contributed by atoms with E-state index in [-0.39, 0.29) is 18.4 Å². The summed E-state index contributed by atoms with van der Waals surface area (Å²) < 4.78 is 5.28. The second-order valence-corrected chi connectivity index (χ2v) is 5.65. The number of hydrogen-bond donors (Lipinski definition) is 3. The molecule has 3 N–H and O–H groups in total. The first-order valence-corrected chi connectivity index (χ1v) is 8.00. The number of nitrogens with one attached hydrogen (secondary N) is 3. The summed E-state index contributed by atoms with van der Waals surface area (Å²) in [6.45, 7) is 4.04. The zero-order chi connectivity index (χ0) is 18.2. The maximum atomic E-state index is 12.1. The first-order valence-electron chi connectivity index (χ1n) is 8.00. The Morgan fingerprint density at radius 1 is 1.12 bits per heavy atom. The average Bonchev–Trinajstić information content (AvgIpc) is 2.59. The highest BCUT2D eigenvalue weighted by molar-refractivity contribution is 5.90. The lowest BCUT2D eigenvalue weighted by Crippen LogP contribution is -2.29. The average molecular weight is 341 g/mol. The van der Waals surface area contributed by atoms with Crippen LogP contribution in [-0.2, 0) is 16.1 Å². The lowest BCUT2D eigenvalue weighted by Gasteiger charge is -2.13. The fourth-order valence-corrected chi connectivity index (χ4v) is 2.37. The fraction of sp³-hybridized carbons (Fsp3) is 0.263. The number of amides is 2. The topological polar surface area (TPSA) is 79.5 Å². The highest BCUT2D eigenvalue weighted by Crippen LogP contribution is 2.27. The smallest absolute Gasteiger partial charge is 0.239 e. The molecule has 25 heavy (non-hydrogen) atoms. The van der Waals surface area contributed by atoms with Gasteiger partial charge in [-0.15, -0.1) is 0 Å². The van der Waals surface area contributed by atoms with Crippen molar-refractivity contribution in [1.82, 2.24) is 5.32 Å². The zero-order valence-electron chi connectivity index (χ0n) is 14.7. The molecule has 6 heteroatoms. The number of carbonyl (C=O) groups is 2. The van der Waals surface area contributed by atoms with Crippen molar-refractivity contribution in [1.29, 1.82) is 0 Å². The van der Waals surface area contributed by atoms with Crippen LogP contribution in [0.25, 0.3) is 0 Å². The van der Waals surface area contributed by atoms with Crippen LogP contribution in [0, 0.1) is 6.92 Å². The minimum atomic E-state index is -0.160. The van der Waals surface area contributed by atoms with Crippen molar-refractivity contribution in [2.75, 3.05) is 24.3 Å². The van der Waals surface area contributed by atoms with Gasteiger partial charge in [0.2, 0.25) is 11.8 Å². The van der Waals surface area contributed by atoms with E-state index in [0.29, 0.717) is 23.7 Å². The van der Waals surface area contributed by atoms with Crippen LogP contribution in [0.3, 0.4) is 0 Å². The maximum Gasteiger partial charge on any atom is 0.239 e. The molecule has 0 aliphatic heterocycles. The number of methoxy groups -OCH3 is 1. The van der Waals surface area contributed by atoms with Crippen LogP contribution in [0.15, 0.2) is 42.5 Å². The molecule has 0 fully saturated rings. The van der Waals surface area contributed by atoms with Crippen molar-refractivity contribution in [3.63, 3.8) is 0 Å². The van der Waals surface area contributed by atoms with Gasteiger partial charge in [-0.25, -0.2) is 0 Å². The van der Waals surface area contributed by atoms with Crippen LogP contribution in [0.2, 0.25) is 0 Å². The number of anilines is 2. The van der Waals surface area contributed by atoms with E-state index in [0.717, 1.165) is 11.1 Å². The van der Waals surface area contributed by atoms with Gasteiger partial charge in [-0.2, -0.15) is 0 Å². The van der Waals surface area contributed by atoms with Crippen molar-refractivity contribution < 1.29 is 14.3 Å². The Balaban J connectivity index is 1.94. The van der Waals surface area contributed by atoms with E-state index in [2.05, 4.69) is 16.0 Å². The molecule has 0 saturated heterocycles. The summed E-state index contributed by atoms with van der Waals surface area (Å²) in [6, 6.07) is 13.1. The molecule has 2 rings (SSSR count). The van der Waals surface area contributed by atoms with Gasteiger partial charge in [0.05, 0.1) is 19.3 Å². The molecule has 0 aliphatic carbocycles. The molecular formula is C19H23N3O3. The van der Waals surface area contributed by atoms with E-state index in [1.807, 2.05) is 31.2 Å². The van der Waals surface area contributed by atoms with E-state index in [1.165, 1.54) is 6.92 Å². The molecule has 2 aromatic rings. The van der Waals surface area contributed by atoms with Crippen LogP contribution in [0.5, 0.6) is 5.75 Å². The first kappa shape index (κ1) is 18.3. The largest absolute Gasteiger partial charge is 0.495 e. The predicted octanol–water partition coefficient (Wildman–Crippen LogP) is 2.69. The molecule has 2 aromatic carbocycles. The van der Waals surface area contributed by atoms with Crippen molar-refractivity contribution >= 4 is 23.2 Å². The Hall–Kier alpha value is -3.02. The van der Waals surface area contributed by atoms with Crippen molar-refractivity contribution in [2.24, 2.45) is 0 Å². The third-order valence-electron chi connectivity index (χ3n) is 3.70. The van der Waals surface area contributed by atoms with Crippen LogP contribution in [0.1, 0.15) is 18.1 Å². The zero-order valence-corrected chi connectivity index (χ0v) is 14.7. The summed E-state index contributed by atoms with van der Waals surface area (Å²) in [4.78, 5) is 23.2. The predicted molar refractivity (Wildman–Crippen MR) is 98.8 cm³/mol. The van der Waals surface area contributed by atoms with Crippen LogP contribution in [0.4, 0.5) is 11.4 Å². The van der Waals surface area contributed by atoms with Gasteiger partial charge >= 0.3 is 0 Å². The van der Waals surface area contributed by atoms with Gasteiger partial charge in [0.1, 0.15) is 5.75 Å². The van der Waals surface area contributed by atoms with Crippen molar-refractivity contribution in [3.8, 4) is 5.75 Å². The molecule has 132 valence electrons.